The van der Waals surface area contributed by atoms with Crippen LogP contribution in [-0.4, -0.2) is 29.5 Å². The molecule has 33 heavy (non-hydrogen) atoms. The molecule has 0 bridgehead atoms. The predicted molar refractivity (Wildman–Crippen MR) is 136 cm³/mol. The maximum absolute atomic E-state index is 13.8. The molecular formula is C26H27N3O2S2. The average molecular weight is 478 g/mol. The third kappa shape index (κ3) is 3.93. The number of benzene rings is 2. The summed E-state index contributed by atoms with van der Waals surface area (Å²) in [7, 11) is 0. The molecule has 1 saturated carbocycles. The van der Waals surface area contributed by atoms with Crippen molar-refractivity contribution in [2.45, 2.75) is 38.6 Å². The van der Waals surface area contributed by atoms with Crippen molar-refractivity contribution in [1.82, 2.24) is 4.57 Å². The van der Waals surface area contributed by atoms with Gasteiger partial charge in [0.15, 0.2) is 3.95 Å². The third-order valence-corrected chi connectivity index (χ3v) is 8.17. The summed E-state index contributed by atoms with van der Waals surface area (Å²) in [6, 6.07) is 19.8. The van der Waals surface area contributed by atoms with Gasteiger partial charge >= 0.3 is 0 Å². The monoisotopic (exact) mass is 477 g/mol. The quantitative estimate of drug-likeness (QED) is 0.419. The van der Waals surface area contributed by atoms with Crippen molar-refractivity contribution in [2.75, 3.05) is 22.9 Å². The van der Waals surface area contributed by atoms with E-state index in [1.54, 1.807) is 21.1 Å². The molecule has 1 aliphatic heterocycles. The van der Waals surface area contributed by atoms with Crippen LogP contribution in [-0.2, 0) is 9.59 Å². The van der Waals surface area contributed by atoms with Crippen molar-refractivity contribution in [3.63, 3.8) is 0 Å². The lowest BCUT2D eigenvalue weighted by Gasteiger charge is -2.42. The molecule has 3 aromatic rings. The van der Waals surface area contributed by atoms with Gasteiger partial charge in [-0.1, -0.05) is 61.4 Å². The summed E-state index contributed by atoms with van der Waals surface area (Å²) < 4.78 is 2.96. The van der Waals surface area contributed by atoms with Crippen LogP contribution >= 0.6 is 23.6 Å². The van der Waals surface area contributed by atoms with Gasteiger partial charge in [-0.2, -0.15) is 0 Å². The predicted octanol–water partition coefficient (Wildman–Crippen LogP) is 6.08. The third-order valence-electron chi connectivity index (χ3n) is 6.73. The van der Waals surface area contributed by atoms with Crippen LogP contribution < -0.4 is 9.80 Å². The van der Waals surface area contributed by atoms with E-state index >= 15 is 0 Å². The largest absolute Gasteiger partial charge is 0.311 e. The molecule has 2 atom stereocenters. The van der Waals surface area contributed by atoms with Crippen molar-refractivity contribution >= 4 is 46.9 Å². The van der Waals surface area contributed by atoms with E-state index in [1.807, 2.05) is 67.6 Å². The number of rotatable bonds is 5. The minimum absolute atomic E-state index is 0.0100. The maximum Gasteiger partial charge on any atom is 0.247 e. The van der Waals surface area contributed by atoms with E-state index in [0.717, 1.165) is 51.6 Å². The Morgan fingerprint density at radius 2 is 1.73 bits per heavy atom. The Morgan fingerprint density at radius 1 is 1.06 bits per heavy atom. The van der Waals surface area contributed by atoms with Crippen LogP contribution in [0.3, 0.4) is 0 Å². The van der Waals surface area contributed by atoms with E-state index in [1.165, 1.54) is 0 Å². The number of amides is 2. The van der Waals surface area contributed by atoms with Crippen LogP contribution in [0, 0.1) is 9.87 Å². The van der Waals surface area contributed by atoms with Gasteiger partial charge < -0.3 is 9.47 Å². The number of fused-ring (bicyclic) bond motifs is 3. The van der Waals surface area contributed by atoms with Gasteiger partial charge in [-0.05, 0) is 49.7 Å². The van der Waals surface area contributed by atoms with Gasteiger partial charge in [0, 0.05) is 18.3 Å². The van der Waals surface area contributed by atoms with Crippen LogP contribution in [0.15, 0.2) is 60.7 Å². The number of aromatic nitrogens is 1. The fraction of sp³-hybridized carbons (Fsp3) is 0.346. The SMILES string of the molecule is CCN(C(=O)CN1C(=O)C2CCCCC2n2c1c(-c1ccccc1)sc2=S)c1ccccc1. The van der Waals surface area contributed by atoms with E-state index in [9.17, 15) is 9.59 Å². The highest BCUT2D eigenvalue weighted by Gasteiger charge is 2.44. The van der Waals surface area contributed by atoms with Crippen molar-refractivity contribution in [2.24, 2.45) is 5.92 Å². The molecule has 0 spiro atoms. The fourth-order valence-electron chi connectivity index (χ4n) is 5.20. The minimum Gasteiger partial charge on any atom is -0.311 e. The molecule has 2 heterocycles. The molecule has 2 amide bonds. The molecule has 7 heteroatoms. The van der Waals surface area contributed by atoms with E-state index in [2.05, 4.69) is 4.57 Å². The summed E-state index contributed by atoms with van der Waals surface area (Å²) in [5, 5.41) is 0. The molecule has 0 N–H and O–H groups in total. The second kappa shape index (κ2) is 9.23. The molecule has 0 saturated heterocycles. The number of hydrogen-bond donors (Lipinski definition) is 0. The van der Waals surface area contributed by atoms with E-state index < -0.39 is 0 Å². The molecule has 5 nitrogen and oxygen atoms in total. The summed E-state index contributed by atoms with van der Waals surface area (Å²) in [6.45, 7) is 2.51. The van der Waals surface area contributed by atoms with Gasteiger partial charge in [-0.3, -0.25) is 14.5 Å². The van der Waals surface area contributed by atoms with Crippen molar-refractivity contribution in [3.8, 4) is 10.4 Å². The number of hydrogen-bond acceptors (Lipinski definition) is 4. The van der Waals surface area contributed by atoms with E-state index in [0.29, 0.717) is 6.54 Å². The van der Waals surface area contributed by atoms with Crippen molar-refractivity contribution < 1.29 is 9.59 Å². The number of carbonyl (C=O) groups is 2. The van der Waals surface area contributed by atoms with Gasteiger partial charge in [0.1, 0.15) is 12.4 Å². The number of anilines is 2. The Kier molecular flexibility index (Phi) is 6.17. The molecule has 170 valence electrons. The summed E-state index contributed by atoms with van der Waals surface area (Å²) in [5.74, 6) is 0.647. The first-order valence-corrected chi connectivity index (χ1v) is 12.8. The molecule has 2 aromatic carbocycles. The summed E-state index contributed by atoms with van der Waals surface area (Å²) >= 11 is 7.37. The van der Waals surface area contributed by atoms with Crippen molar-refractivity contribution in [1.29, 1.82) is 0 Å². The topological polar surface area (TPSA) is 45.6 Å². The molecular weight excluding hydrogens is 450 g/mol. The molecule has 2 unspecified atom stereocenters. The Hall–Kier alpha value is -2.77. The minimum atomic E-state index is -0.115. The normalized spacial score (nSPS) is 19.7. The Bertz CT molecular complexity index is 1220. The number of thiazole rings is 1. The summed E-state index contributed by atoms with van der Waals surface area (Å²) in [6.07, 6.45) is 3.94. The van der Waals surface area contributed by atoms with Crippen LogP contribution in [0.25, 0.3) is 10.4 Å². The van der Waals surface area contributed by atoms with Crippen molar-refractivity contribution in [3.05, 3.63) is 64.6 Å². The molecule has 1 aliphatic carbocycles. The Morgan fingerprint density at radius 3 is 2.42 bits per heavy atom. The number of nitrogens with zero attached hydrogens (tertiary/aromatic N) is 3. The lowest BCUT2D eigenvalue weighted by Crippen LogP contribution is -2.51. The summed E-state index contributed by atoms with van der Waals surface area (Å²) in [5.41, 5.74) is 1.87. The zero-order chi connectivity index (χ0) is 22.9. The summed E-state index contributed by atoms with van der Waals surface area (Å²) in [4.78, 5) is 31.8. The highest BCUT2D eigenvalue weighted by Crippen LogP contribution is 2.48. The number of carbonyl (C=O) groups excluding carboxylic acids is 2. The van der Waals surface area contributed by atoms with Crippen LogP contribution in [0.2, 0.25) is 0 Å². The van der Waals surface area contributed by atoms with Crippen LogP contribution in [0.1, 0.15) is 38.6 Å². The maximum atomic E-state index is 13.8. The van der Waals surface area contributed by atoms with Gasteiger partial charge in [0.25, 0.3) is 0 Å². The van der Waals surface area contributed by atoms with Gasteiger partial charge in [-0.25, -0.2) is 0 Å². The standard InChI is InChI=1S/C26H27N3O2S2/c1-2-27(19-13-7-4-8-14-19)22(30)17-28-24-23(18-11-5-3-6-12-18)33-26(32)29(24)21-16-10-9-15-20(21)25(28)31/h3-8,11-14,20-21H,2,9-10,15-17H2,1H3. The highest BCUT2D eigenvalue weighted by molar-refractivity contribution is 7.73. The van der Waals surface area contributed by atoms with E-state index in [-0.39, 0.29) is 30.3 Å². The van der Waals surface area contributed by atoms with Gasteiger partial charge in [0.2, 0.25) is 11.8 Å². The Balaban J connectivity index is 1.59. The average Bonchev–Trinajstić information content (AvgIpc) is 3.20. The second-order valence-corrected chi connectivity index (χ2v) is 10.3. The fourth-order valence-corrected chi connectivity index (χ4v) is 6.72. The molecule has 2 aliphatic rings. The first-order chi connectivity index (χ1) is 16.1. The molecule has 1 aromatic heterocycles. The first kappa shape index (κ1) is 22.0. The van der Waals surface area contributed by atoms with E-state index in [4.69, 9.17) is 12.2 Å². The van der Waals surface area contributed by atoms with Gasteiger partial charge in [0.05, 0.1) is 10.8 Å². The molecule has 5 rings (SSSR count). The highest BCUT2D eigenvalue weighted by atomic mass is 32.1. The lowest BCUT2D eigenvalue weighted by molar-refractivity contribution is -0.128. The van der Waals surface area contributed by atoms with Crippen LogP contribution in [0.4, 0.5) is 11.5 Å². The zero-order valence-electron chi connectivity index (χ0n) is 18.6. The van der Waals surface area contributed by atoms with Gasteiger partial charge in [-0.15, -0.1) is 11.3 Å². The molecule has 0 radical (unpaired) electrons. The number of likely N-dealkylation sites (N-methyl/N-ethyl adjacent to an activating group) is 1. The lowest BCUT2D eigenvalue weighted by atomic mass is 9.82. The zero-order valence-corrected chi connectivity index (χ0v) is 20.3. The van der Waals surface area contributed by atoms with Crippen LogP contribution in [0.5, 0.6) is 0 Å². The first-order valence-electron chi connectivity index (χ1n) is 11.6. The Labute approximate surface area is 203 Å². The molecule has 1 fully saturated rings. The number of para-hydroxylation sites is 1. The second-order valence-electron chi connectivity index (χ2n) is 8.61. The smallest absolute Gasteiger partial charge is 0.247 e.